The fourth-order valence-electron chi connectivity index (χ4n) is 1.30. The van der Waals surface area contributed by atoms with E-state index in [1.165, 1.54) is 0 Å². The third kappa shape index (κ3) is 3.30. The van der Waals surface area contributed by atoms with Crippen molar-refractivity contribution in [1.82, 2.24) is 9.97 Å². The summed E-state index contributed by atoms with van der Waals surface area (Å²) in [6.45, 7) is 6.65. The molecule has 0 bridgehead atoms. The van der Waals surface area contributed by atoms with Crippen LogP contribution in [-0.4, -0.2) is 29.1 Å². The van der Waals surface area contributed by atoms with Gasteiger partial charge >= 0.3 is 0 Å². The van der Waals surface area contributed by atoms with Gasteiger partial charge in [0.25, 0.3) is 0 Å². The third-order valence-electron chi connectivity index (χ3n) is 1.77. The zero-order chi connectivity index (χ0) is 10.8. The van der Waals surface area contributed by atoms with Gasteiger partial charge in [-0.25, -0.2) is 9.97 Å². The lowest BCUT2D eigenvalue weighted by atomic mass is 10.1. The molecule has 78 valence electrons. The molecule has 0 amide bonds. The second kappa shape index (κ2) is 3.92. The number of rotatable bonds is 3. The van der Waals surface area contributed by atoms with E-state index in [-0.39, 0.29) is 5.54 Å². The normalized spacial score (nSPS) is 11.5. The summed E-state index contributed by atoms with van der Waals surface area (Å²) in [5.74, 6) is 0.725. The summed E-state index contributed by atoms with van der Waals surface area (Å²) in [4.78, 5) is 10.5. The first kappa shape index (κ1) is 10.9. The van der Waals surface area contributed by atoms with Crippen molar-refractivity contribution in [3.8, 4) is 0 Å². The van der Waals surface area contributed by atoms with E-state index in [1.54, 1.807) is 6.20 Å². The molecule has 1 rings (SSSR count). The molecule has 4 nitrogen and oxygen atoms in total. The summed E-state index contributed by atoms with van der Waals surface area (Å²) in [5, 5.41) is 0. The summed E-state index contributed by atoms with van der Waals surface area (Å²) in [6.07, 6.45) is 1.76. The number of hydrogen-bond acceptors (Lipinski definition) is 4. The number of aromatic nitrogens is 2. The lowest BCUT2D eigenvalue weighted by Crippen LogP contribution is -2.44. The van der Waals surface area contributed by atoms with Crippen molar-refractivity contribution in [2.24, 2.45) is 5.73 Å². The highest BCUT2D eigenvalue weighted by Crippen LogP contribution is 2.08. The first-order chi connectivity index (χ1) is 6.38. The molecule has 0 saturated heterocycles. The SMILES string of the molecule is Cc1ccnc(N(C)CC(C)(C)N)n1. The molecule has 2 N–H and O–H groups in total. The van der Waals surface area contributed by atoms with E-state index in [4.69, 9.17) is 5.73 Å². The molecule has 0 spiro atoms. The van der Waals surface area contributed by atoms with E-state index >= 15 is 0 Å². The summed E-state index contributed by atoms with van der Waals surface area (Å²) < 4.78 is 0. The van der Waals surface area contributed by atoms with Gasteiger partial charge in [0.2, 0.25) is 5.95 Å². The predicted molar refractivity (Wildman–Crippen MR) is 58.3 cm³/mol. The maximum atomic E-state index is 5.91. The lowest BCUT2D eigenvalue weighted by molar-refractivity contribution is 0.515. The molecule has 0 aliphatic carbocycles. The zero-order valence-electron chi connectivity index (χ0n) is 9.28. The van der Waals surface area contributed by atoms with Gasteiger partial charge in [0, 0.05) is 31.0 Å². The van der Waals surface area contributed by atoms with Gasteiger partial charge in [-0.2, -0.15) is 0 Å². The molecule has 0 fully saturated rings. The van der Waals surface area contributed by atoms with Crippen molar-refractivity contribution in [3.63, 3.8) is 0 Å². The van der Waals surface area contributed by atoms with Crippen LogP contribution in [0.3, 0.4) is 0 Å². The van der Waals surface area contributed by atoms with E-state index in [2.05, 4.69) is 9.97 Å². The van der Waals surface area contributed by atoms with Crippen molar-refractivity contribution in [1.29, 1.82) is 0 Å². The van der Waals surface area contributed by atoms with E-state index < -0.39 is 0 Å². The maximum absolute atomic E-state index is 5.91. The summed E-state index contributed by atoms with van der Waals surface area (Å²) in [6, 6.07) is 1.88. The van der Waals surface area contributed by atoms with Gasteiger partial charge in [-0.1, -0.05) is 0 Å². The Bertz CT molecular complexity index is 303. The second-order valence-electron chi connectivity index (χ2n) is 4.34. The molecule has 0 radical (unpaired) electrons. The van der Waals surface area contributed by atoms with Crippen LogP contribution < -0.4 is 10.6 Å². The van der Waals surface area contributed by atoms with E-state index in [0.29, 0.717) is 0 Å². The molecule has 0 aliphatic rings. The van der Waals surface area contributed by atoms with Crippen molar-refractivity contribution in [3.05, 3.63) is 18.0 Å². The largest absolute Gasteiger partial charge is 0.342 e. The molecule has 1 aromatic rings. The third-order valence-corrected chi connectivity index (χ3v) is 1.77. The number of anilines is 1. The maximum Gasteiger partial charge on any atom is 0.225 e. The average Bonchev–Trinajstić information content (AvgIpc) is 2.01. The second-order valence-corrected chi connectivity index (χ2v) is 4.34. The molecule has 0 aliphatic heterocycles. The minimum Gasteiger partial charge on any atom is -0.342 e. The molecule has 1 heterocycles. The quantitative estimate of drug-likeness (QED) is 0.778. The molecule has 4 heteroatoms. The summed E-state index contributed by atoms with van der Waals surface area (Å²) in [7, 11) is 1.95. The fourth-order valence-corrected chi connectivity index (χ4v) is 1.30. The molecule has 0 aromatic carbocycles. The van der Waals surface area contributed by atoms with Crippen LogP contribution in [-0.2, 0) is 0 Å². The average molecular weight is 194 g/mol. The monoisotopic (exact) mass is 194 g/mol. The van der Waals surface area contributed by atoms with Crippen LogP contribution in [0, 0.1) is 6.92 Å². The molecular formula is C10H18N4. The number of aryl methyl sites for hydroxylation is 1. The van der Waals surface area contributed by atoms with E-state index in [1.807, 2.05) is 38.8 Å². The number of nitrogens with two attached hydrogens (primary N) is 1. The van der Waals surface area contributed by atoms with Crippen molar-refractivity contribution in [2.75, 3.05) is 18.5 Å². The Morgan fingerprint density at radius 3 is 2.64 bits per heavy atom. The highest BCUT2D eigenvalue weighted by molar-refractivity contribution is 5.29. The Morgan fingerprint density at radius 1 is 1.50 bits per heavy atom. The highest BCUT2D eigenvalue weighted by atomic mass is 15.2. The van der Waals surface area contributed by atoms with Crippen LogP contribution in [0.5, 0.6) is 0 Å². The molecule has 0 saturated carbocycles. The van der Waals surface area contributed by atoms with Crippen LogP contribution in [0.2, 0.25) is 0 Å². The first-order valence-corrected chi connectivity index (χ1v) is 4.68. The number of likely N-dealkylation sites (N-methyl/N-ethyl adjacent to an activating group) is 1. The minimum atomic E-state index is -0.234. The van der Waals surface area contributed by atoms with Crippen LogP contribution in [0.25, 0.3) is 0 Å². The minimum absolute atomic E-state index is 0.234. The predicted octanol–water partition coefficient (Wildman–Crippen LogP) is 0.959. The van der Waals surface area contributed by atoms with Gasteiger partial charge in [-0.15, -0.1) is 0 Å². The van der Waals surface area contributed by atoms with Crippen molar-refractivity contribution in [2.45, 2.75) is 26.3 Å². The molecular weight excluding hydrogens is 176 g/mol. The fraction of sp³-hybridized carbons (Fsp3) is 0.600. The zero-order valence-corrected chi connectivity index (χ0v) is 9.28. The van der Waals surface area contributed by atoms with Crippen LogP contribution in [0.15, 0.2) is 12.3 Å². The lowest BCUT2D eigenvalue weighted by Gasteiger charge is -2.26. The summed E-state index contributed by atoms with van der Waals surface area (Å²) in [5.41, 5.74) is 6.65. The Labute approximate surface area is 85.2 Å². The van der Waals surface area contributed by atoms with E-state index in [9.17, 15) is 0 Å². The molecule has 14 heavy (non-hydrogen) atoms. The van der Waals surface area contributed by atoms with Gasteiger partial charge in [-0.05, 0) is 26.8 Å². The van der Waals surface area contributed by atoms with E-state index in [0.717, 1.165) is 18.2 Å². The number of nitrogens with zero attached hydrogens (tertiary/aromatic N) is 3. The van der Waals surface area contributed by atoms with Gasteiger partial charge in [0.1, 0.15) is 0 Å². The topological polar surface area (TPSA) is 55.0 Å². The Morgan fingerprint density at radius 2 is 2.14 bits per heavy atom. The highest BCUT2D eigenvalue weighted by Gasteiger charge is 2.15. The molecule has 0 unspecified atom stereocenters. The van der Waals surface area contributed by atoms with Gasteiger partial charge in [0.15, 0.2) is 0 Å². The van der Waals surface area contributed by atoms with Crippen molar-refractivity contribution < 1.29 is 0 Å². The van der Waals surface area contributed by atoms with Crippen LogP contribution in [0.1, 0.15) is 19.5 Å². The number of hydrogen-bond donors (Lipinski definition) is 1. The van der Waals surface area contributed by atoms with Crippen molar-refractivity contribution >= 4 is 5.95 Å². The van der Waals surface area contributed by atoms with Gasteiger partial charge in [-0.3, -0.25) is 0 Å². The first-order valence-electron chi connectivity index (χ1n) is 4.68. The Kier molecular flexibility index (Phi) is 3.06. The van der Waals surface area contributed by atoms with Gasteiger partial charge < -0.3 is 10.6 Å². The van der Waals surface area contributed by atoms with Crippen LogP contribution >= 0.6 is 0 Å². The standard InChI is InChI=1S/C10H18N4/c1-8-5-6-12-9(13-8)14(4)7-10(2,3)11/h5-6H,7,11H2,1-4H3. The Balaban J connectivity index is 2.74. The van der Waals surface area contributed by atoms with Gasteiger partial charge in [0.05, 0.1) is 0 Å². The summed E-state index contributed by atoms with van der Waals surface area (Å²) >= 11 is 0. The van der Waals surface area contributed by atoms with Crippen LogP contribution in [0.4, 0.5) is 5.95 Å². The Hall–Kier alpha value is -1.16. The molecule has 1 aromatic heterocycles. The smallest absolute Gasteiger partial charge is 0.225 e. The molecule has 0 atom stereocenters.